The predicted molar refractivity (Wildman–Crippen MR) is 56.1 cm³/mol. The lowest BCUT2D eigenvalue weighted by molar-refractivity contribution is 0.303. The Morgan fingerprint density at radius 1 is 1.25 bits per heavy atom. The summed E-state index contributed by atoms with van der Waals surface area (Å²) in [5, 5.41) is 0. The van der Waals surface area contributed by atoms with Crippen molar-refractivity contribution in [2.45, 2.75) is 15.8 Å². The van der Waals surface area contributed by atoms with E-state index in [0.29, 0.717) is 0 Å². The quantitative estimate of drug-likeness (QED) is 0.760. The van der Waals surface area contributed by atoms with Gasteiger partial charge in [-0.3, -0.25) is 0 Å². The largest absolute Gasteiger partial charge is 0.488 e. The Labute approximate surface area is 88.4 Å². The van der Waals surface area contributed by atoms with E-state index in [1.54, 1.807) is 0 Å². The number of hydrogen-bond donors (Lipinski definition) is 0. The molecule has 64 valence electrons. The molecule has 1 aliphatic rings. The lowest BCUT2D eigenvalue weighted by Gasteiger charge is -2.04. The molecule has 0 amide bonds. The van der Waals surface area contributed by atoms with Crippen LogP contribution in [-0.2, 0) is 0 Å². The SMILES string of the molecule is BrC1(Br)CC1Oc1ccccc1. The van der Waals surface area contributed by atoms with Gasteiger partial charge in [0.05, 0.1) is 0 Å². The fourth-order valence-corrected chi connectivity index (χ4v) is 1.75. The number of benzene rings is 1. The van der Waals surface area contributed by atoms with Gasteiger partial charge in [-0.1, -0.05) is 50.1 Å². The normalized spacial score (nSPS) is 25.0. The van der Waals surface area contributed by atoms with Crippen LogP contribution in [0.4, 0.5) is 0 Å². The Bertz CT molecular complexity index is 271. The van der Waals surface area contributed by atoms with Gasteiger partial charge in [-0.25, -0.2) is 0 Å². The summed E-state index contributed by atoms with van der Waals surface area (Å²) in [4.78, 5) is 0. The van der Waals surface area contributed by atoms with Crippen LogP contribution in [0.1, 0.15) is 6.42 Å². The van der Waals surface area contributed by atoms with Gasteiger partial charge in [0, 0.05) is 6.42 Å². The van der Waals surface area contributed by atoms with Crippen molar-refractivity contribution in [1.82, 2.24) is 0 Å². The average molecular weight is 292 g/mol. The standard InChI is InChI=1S/C9H8Br2O/c10-9(11)6-8(9)12-7-4-2-1-3-5-7/h1-5,8H,6H2. The third-order valence-corrected chi connectivity index (χ3v) is 3.46. The highest BCUT2D eigenvalue weighted by Crippen LogP contribution is 2.52. The van der Waals surface area contributed by atoms with Crippen LogP contribution in [0.15, 0.2) is 30.3 Å². The Kier molecular flexibility index (Phi) is 2.17. The third kappa shape index (κ3) is 1.83. The van der Waals surface area contributed by atoms with Gasteiger partial charge in [-0.05, 0) is 12.1 Å². The molecular weight excluding hydrogens is 284 g/mol. The van der Waals surface area contributed by atoms with Gasteiger partial charge in [0.25, 0.3) is 0 Å². The highest BCUT2D eigenvalue weighted by atomic mass is 79.9. The van der Waals surface area contributed by atoms with Gasteiger partial charge in [0.2, 0.25) is 0 Å². The zero-order valence-electron chi connectivity index (χ0n) is 6.34. The van der Waals surface area contributed by atoms with E-state index in [0.717, 1.165) is 12.2 Å². The van der Waals surface area contributed by atoms with Crippen LogP contribution in [0.5, 0.6) is 5.75 Å². The lowest BCUT2D eigenvalue weighted by atomic mass is 10.3. The minimum Gasteiger partial charge on any atom is -0.488 e. The molecule has 1 aromatic rings. The van der Waals surface area contributed by atoms with E-state index in [9.17, 15) is 0 Å². The molecule has 0 spiro atoms. The maximum Gasteiger partial charge on any atom is 0.126 e. The van der Waals surface area contributed by atoms with Gasteiger partial charge < -0.3 is 4.74 Å². The van der Waals surface area contributed by atoms with Crippen molar-refractivity contribution >= 4 is 31.9 Å². The summed E-state index contributed by atoms with van der Waals surface area (Å²) in [5.41, 5.74) is 0. The molecule has 3 heteroatoms. The number of para-hydroxylation sites is 1. The van der Waals surface area contributed by atoms with Crippen molar-refractivity contribution in [3.63, 3.8) is 0 Å². The molecule has 0 bridgehead atoms. The molecule has 1 fully saturated rings. The molecule has 1 atom stereocenters. The topological polar surface area (TPSA) is 9.23 Å². The van der Waals surface area contributed by atoms with E-state index in [4.69, 9.17) is 4.74 Å². The molecule has 1 aromatic carbocycles. The van der Waals surface area contributed by atoms with Gasteiger partial charge in [0.1, 0.15) is 15.1 Å². The van der Waals surface area contributed by atoms with Crippen LogP contribution in [0, 0.1) is 0 Å². The fraction of sp³-hybridized carbons (Fsp3) is 0.333. The molecule has 0 aliphatic heterocycles. The summed E-state index contributed by atoms with van der Waals surface area (Å²) < 4.78 is 5.67. The molecule has 0 radical (unpaired) electrons. The lowest BCUT2D eigenvalue weighted by Crippen LogP contribution is -2.03. The first kappa shape index (κ1) is 8.57. The fourth-order valence-electron chi connectivity index (χ4n) is 0.979. The summed E-state index contributed by atoms with van der Waals surface area (Å²) in [6.07, 6.45) is 1.28. The molecule has 2 rings (SSSR count). The average Bonchev–Trinajstić information content (AvgIpc) is 2.61. The molecular formula is C9H8Br2O. The Balaban J connectivity index is 1.98. The monoisotopic (exact) mass is 290 g/mol. The maximum atomic E-state index is 5.65. The van der Waals surface area contributed by atoms with E-state index in [2.05, 4.69) is 31.9 Å². The molecule has 1 aliphatic carbocycles. The van der Waals surface area contributed by atoms with E-state index in [-0.39, 0.29) is 9.34 Å². The molecule has 1 saturated carbocycles. The first-order chi connectivity index (χ1) is 5.68. The van der Waals surface area contributed by atoms with E-state index < -0.39 is 0 Å². The van der Waals surface area contributed by atoms with Crippen molar-refractivity contribution in [1.29, 1.82) is 0 Å². The van der Waals surface area contributed by atoms with Crippen LogP contribution >= 0.6 is 31.9 Å². The smallest absolute Gasteiger partial charge is 0.126 e. The van der Waals surface area contributed by atoms with Crippen LogP contribution in [0.2, 0.25) is 0 Å². The van der Waals surface area contributed by atoms with E-state index in [1.165, 1.54) is 0 Å². The second-order valence-electron chi connectivity index (χ2n) is 2.88. The first-order valence-electron chi connectivity index (χ1n) is 3.78. The minimum absolute atomic E-state index is 0.0237. The van der Waals surface area contributed by atoms with E-state index in [1.807, 2.05) is 30.3 Å². The zero-order chi connectivity index (χ0) is 8.60. The number of alkyl halides is 2. The molecule has 12 heavy (non-hydrogen) atoms. The summed E-state index contributed by atoms with van der Waals surface area (Å²) in [5.74, 6) is 0.934. The predicted octanol–water partition coefficient (Wildman–Crippen LogP) is 3.32. The summed E-state index contributed by atoms with van der Waals surface area (Å²) in [6.45, 7) is 0. The Morgan fingerprint density at radius 3 is 2.33 bits per heavy atom. The minimum atomic E-state index is 0.0237. The van der Waals surface area contributed by atoms with Crippen molar-refractivity contribution in [2.24, 2.45) is 0 Å². The second-order valence-corrected chi connectivity index (χ2v) is 6.78. The van der Waals surface area contributed by atoms with Crippen LogP contribution in [0.3, 0.4) is 0 Å². The molecule has 0 heterocycles. The van der Waals surface area contributed by atoms with Crippen molar-refractivity contribution in [2.75, 3.05) is 0 Å². The van der Waals surface area contributed by atoms with Crippen LogP contribution in [0.25, 0.3) is 0 Å². The van der Waals surface area contributed by atoms with Crippen molar-refractivity contribution in [3.8, 4) is 5.75 Å². The van der Waals surface area contributed by atoms with Gasteiger partial charge in [-0.15, -0.1) is 0 Å². The highest BCUT2D eigenvalue weighted by Gasteiger charge is 2.53. The Hall–Kier alpha value is -0.0200. The number of rotatable bonds is 2. The zero-order valence-corrected chi connectivity index (χ0v) is 9.51. The molecule has 0 aromatic heterocycles. The van der Waals surface area contributed by atoms with Crippen LogP contribution < -0.4 is 4.74 Å². The molecule has 0 saturated heterocycles. The van der Waals surface area contributed by atoms with Crippen molar-refractivity contribution < 1.29 is 4.74 Å². The molecule has 1 nitrogen and oxygen atoms in total. The molecule has 1 unspecified atom stereocenters. The second kappa shape index (κ2) is 3.04. The van der Waals surface area contributed by atoms with Gasteiger partial charge >= 0.3 is 0 Å². The number of ether oxygens (including phenoxy) is 1. The summed E-state index contributed by atoms with van der Waals surface area (Å²) in [7, 11) is 0. The summed E-state index contributed by atoms with van der Waals surface area (Å²) >= 11 is 7.00. The Morgan fingerprint density at radius 2 is 1.83 bits per heavy atom. The molecule has 0 N–H and O–H groups in total. The van der Waals surface area contributed by atoms with Crippen LogP contribution in [-0.4, -0.2) is 9.34 Å². The first-order valence-corrected chi connectivity index (χ1v) is 5.36. The highest BCUT2D eigenvalue weighted by molar-refractivity contribution is 9.25. The van der Waals surface area contributed by atoms with Crippen molar-refractivity contribution in [3.05, 3.63) is 30.3 Å². The third-order valence-electron chi connectivity index (χ3n) is 1.79. The number of hydrogen-bond acceptors (Lipinski definition) is 1. The van der Waals surface area contributed by atoms with Gasteiger partial charge in [-0.2, -0.15) is 0 Å². The number of halogens is 2. The van der Waals surface area contributed by atoms with E-state index >= 15 is 0 Å². The maximum absolute atomic E-state index is 5.65. The van der Waals surface area contributed by atoms with Gasteiger partial charge in [0.15, 0.2) is 0 Å². The summed E-state index contributed by atoms with van der Waals surface area (Å²) in [6, 6.07) is 9.86.